The van der Waals surface area contributed by atoms with Crippen LogP contribution in [0.3, 0.4) is 0 Å². The van der Waals surface area contributed by atoms with Crippen LogP contribution in [0.2, 0.25) is 0 Å². The van der Waals surface area contributed by atoms with E-state index in [4.69, 9.17) is 0 Å². The molecule has 1 aromatic rings. The largest absolute Gasteiger partial charge is 0.349 e. The van der Waals surface area contributed by atoms with Crippen molar-refractivity contribution in [3.8, 4) is 0 Å². The summed E-state index contributed by atoms with van der Waals surface area (Å²) in [5, 5.41) is 9.09. The minimum Gasteiger partial charge on any atom is -0.349 e. The second kappa shape index (κ2) is 5.48. The van der Waals surface area contributed by atoms with Gasteiger partial charge in [-0.05, 0) is 57.4 Å². The van der Waals surface area contributed by atoms with E-state index >= 15 is 0 Å². The van der Waals surface area contributed by atoms with Crippen LogP contribution in [0, 0.1) is 0 Å². The van der Waals surface area contributed by atoms with Gasteiger partial charge in [0.2, 0.25) is 5.91 Å². The first-order valence-electron chi connectivity index (χ1n) is 7.54. The lowest BCUT2D eigenvalue weighted by Gasteiger charge is -2.23. The van der Waals surface area contributed by atoms with Gasteiger partial charge in [0.15, 0.2) is 0 Å². The number of carbonyl (C=O) groups excluding carboxylic acids is 2. The fourth-order valence-electron chi connectivity index (χ4n) is 2.59. The van der Waals surface area contributed by atoms with Gasteiger partial charge in [-0.15, -0.1) is 0 Å². The molecule has 0 bridgehead atoms. The van der Waals surface area contributed by atoms with E-state index in [-0.39, 0.29) is 11.8 Å². The third kappa shape index (κ3) is 3.24. The van der Waals surface area contributed by atoms with Crippen molar-refractivity contribution < 1.29 is 9.59 Å². The van der Waals surface area contributed by atoms with Crippen molar-refractivity contribution in [2.24, 2.45) is 0 Å². The second-order valence-corrected chi connectivity index (χ2v) is 6.15. The smallest absolute Gasteiger partial charge is 0.251 e. The van der Waals surface area contributed by atoms with Crippen LogP contribution in [0.1, 0.15) is 43.0 Å². The number of hydrogen-bond acceptors (Lipinski definition) is 3. The average Bonchev–Trinajstić information content (AvgIpc) is 3.17. The van der Waals surface area contributed by atoms with Crippen molar-refractivity contribution >= 4 is 17.5 Å². The van der Waals surface area contributed by atoms with Gasteiger partial charge in [-0.2, -0.15) is 0 Å². The molecule has 1 heterocycles. The van der Waals surface area contributed by atoms with Crippen molar-refractivity contribution in [3.63, 3.8) is 0 Å². The molecule has 1 saturated heterocycles. The monoisotopic (exact) mass is 287 g/mol. The van der Waals surface area contributed by atoms with E-state index in [0.29, 0.717) is 17.3 Å². The molecule has 3 N–H and O–H groups in total. The summed E-state index contributed by atoms with van der Waals surface area (Å²) in [6.45, 7) is 2.78. The van der Waals surface area contributed by atoms with E-state index in [9.17, 15) is 9.59 Å². The Hall–Kier alpha value is -1.88. The molecule has 21 heavy (non-hydrogen) atoms. The van der Waals surface area contributed by atoms with E-state index < -0.39 is 5.54 Å². The molecule has 0 radical (unpaired) electrons. The highest BCUT2D eigenvalue weighted by molar-refractivity contribution is 6.00. The molecule has 5 nitrogen and oxygen atoms in total. The van der Waals surface area contributed by atoms with Gasteiger partial charge in [-0.3, -0.25) is 9.59 Å². The van der Waals surface area contributed by atoms with Gasteiger partial charge in [0, 0.05) is 17.3 Å². The summed E-state index contributed by atoms with van der Waals surface area (Å²) < 4.78 is 0. The summed E-state index contributed by atoms with van der Waals surface area (Å²) in [5.74, 6) is -0.112. The maximum Gasteiger partial charge on any atom is 0.251 e. The lowest BCUT2D eigenvalue weighted by Crippen LogP contribution is -2.47. The first-order valence-corrected chi connectivity index (χ1v) is 7.54. The molecule has 2 aliphatic rings. The van der Waals surface area contributed by atoms with Gasteiger partial charge in [-0.1, -0.05) is 6.07 Å². The Balaban J connectivity index is 1.67. The number of rotatable bonds is 4. The molecular weight excluding hydrogens is 266 g/mol. The molecule has 0 aromatic heterocycles. The van der Waals surface area contributed by atoms with E-state index in [1.54, 1.807) is 18.2 Å². The average molecular weight is 287 g/mol. The van der Waals surface area contributed by atoms with Crippen molar-refractivity contribution in [3.05, 3.63) is 29.8 Å². The van der Waals surface area contributed by atoms with Crippen LogP contribution in [0.5, 0.6) is 0 Å². The molecule has 2 fully saturated rings. The molecule has 1 aliphatic carbocycles. The van der Waals surface area contributed by atoms with Gasteiger partial charge in [0.1, 0.15) is 0 Å². The Labute approximate surface area is 124 Å². The van der Waals surface area contributed by atoms with Crippen LogP contribution in [-0.4, -0.2) is 29.9 Å². The molecule has 3 rings (SSSR count). The zero-order chi connectivity index (χ0) is 14.9. The van der Waals surface area contributed by atoms with E-state index in [0.717, 1.165) is 32.2 Å². The topological polar surface area (TPSA) is 70.2 Å². The SMILES string of the molecule is CC1(C(=O)Nc2cccc(C(=O)NC3CC3)c2)CCCN1. The molecule has 5 heteroatoms. The van der Waals surface area contributed by atoms with Gasteiger partial charge in [0.05, 0.1) is 5.54 Å². The summed E-state index contributed by atoms with van der Waals surface area (Å²) in [7, 11) is 0. The van der Waals surface area contributed by atoms with Gasteiger partial charge >= 0.3 is 0 Å². The molecule has 112 valence electrons. The van der Waals surface area contributed by atoms with Crippen LogP contribution in [-0.2, 0) is 4.79 Å². The molecule has 0 spiro atoms. The number of anilines is 1. The Morgan fingerprint density at radius 3 is 2.81 bits per heavy atom. The number of benzene rings is 1. The minimum absolute atomic E-state index is 0.0419. The summed E-state index contributed by atoms with van der Waals surface area (Å²) in [4.78, 5) is 24.3. The molecule has 2 amide bonds. The highest BCUT2D eigenvalue weighted by atomic mass is 16.2. The second-order valence-electron chi connectivity index (χ2n) is 6.15. The quantitative estimate of drug-likeness (QED) is 0.789. The van der Waals surface area contributed by atoms with Crippen molar-refractivity contribution in [1.82, 2.24) is 10.6 Å². The normalized spacial score (nSPS) is 24.6. The first kappa shape index (κ1) is 14.1. The summed E-state index contributed by atoms with van der Waals surface area (Å²) >= 11 is 0. The molecular formula is C16H21N3O2. The van der Waals surface area contributed by atoms with Crippen LogP contribution in [0.25, 0.3) is 0 Å². The van der Waals surface area contributed by atoms with E-state index in [1.807, 2.05) is 13.0 Å². The van der Waals surface area contributed by atoms with Crippen molar-refractivity contribution in [1.29, 1.82) is 0 Å². The Morgan fingerprint density at radius 2 is 2.14 bits per heavy atom. The fourth-order valence-corrected chi connectivity index (χ4v) is 2.59. The molecule has 1 aliphatic heterocycles. The fraction of sp³-hybridized carbons (Fsp3) is 0.500. The first-order chi connectivity index (χ1) is 10.1. The standard InChI is InChI=1S/C16H21N3O2/c1-16(8-3-9-17-16)15(21)19-13-5-2-4-11(10-13)14(20)18-12-6-7-12/h2,4-5,10,12,17H,3,6-9H2,1H3,(H,18,20)(H,19,21). The van der Waals surface area contributed by atoms with Crippen LogP contribution in [0.15, 0.2) is 24.3 Å². The van der Waals surface area contributed by atoms with Gasteiger partial charge < -0.3 is 16.0 Å². The highest BCUT2D eigenvalue weighted by Crippen LogP contribution is 2.22. The van der Waals surface area contributed by atoms with Crippen molar-refractivity contribution in [2.75, 3.05) is 11.9 Å². The van der Waals surface area contributed by atoms with Crippen LogP contribution >= 0.6 is 0 Å². The minimum atomic E-state index is -0.508. The number of carbonyl (C=O) groups is 2. The van der Waals surface area contributed by atoms with E-state index in [1.165, 1.54) is 0 Å². The van der Waals surface area contributed by atoms with Gasteiger partial charge in [0.25, 0.3) is 5.91 Å². The highest BCUT2D eigenvalue weighted by Gasteiger charge is 2.35. The molecule has 1 aromatic carbocycles. The maximum atomic E-state index is 12.3. The third-order valence-electron chi connectivity index (χ3n) is 4.17. The Bertz CT molecular complexity index is 560. The van der Waals surface area contributed by atoms with Crippen LogP contribution < -0.4 is 16.0 Å². The van der Waals surface area contributed by atoms with Crippen molar-refractivity contribution in [2.45, 2.75) is 44.2 Å². The Kier molecular flexibility index (Phi) is 3.68. The third-order valence-corrected chi connectivity index (χ3v) is 4.17. The molecule has 1 atom stereocenters. The van der Waals surface area contributed by atoms with Crippen LogP contribution in [0.4, 0.5) is 5.69 Å². The predicted octanol–water partition coefficient (Wildman–Crippen LogP) is 1.66. The summed E-state index contributed by atoms with van der Waals surface area (Å²) in [5.41, 5.74) is 0.745. The Morgan fingerprint density at radius 1 is 1.33 bits per heavy atom. The lowest BCUT2D eigenvalue weighted by atomic mass is 9.99. The zero-order valence-corrected chi connectivity index (χ0v) is 12.2. The number of nitrogens with one attached hydrogen (secondary N) is 3. The van der Waals surface area contributed by atoms with E-state index in [2.05, 4.69) is 16.0 Å². The summed E-state index contributed by atoms with van der Waals surface area (Å²) in [6.07, 6.45) is 3.97. The number of amides is 2. The predicted molar refractivity (Wildman–Crippen MR) is 81.2 cm³/mol. The lowest BCUT2D eigenvalue weighted by molar-refractivity contribution is -0.121. The number of hydrogen-bond donors (Lipinski definition) is 3. The molecule has 1 saturated carbocycles. The zero-order valence-electron chi connectivity index (χ0n) is 12.2. The maximum absolute atomic E-state index is 12.3. The summed E-state index contributed by atoms with van der Waals surface area (Å²) in [6, 6.07) is 7.43. The molecule has 1 unspecified atom stereocenters. The van der Waals surface area contributed by atoms with Gasteiger partial charge in [-0.25, -0.2) is 0 Å².